The third-order valence-corrected chi connectivity index (χ3v) is 3.55. The number of carbonyl (C=O) groups is 2. The van der Waals surface area contributed by atoms with E-state index >= 15 is 0 Å². The molecule has 0 spiro atoms. The van der Waals surface area contributed by atoms with Crippen LogP contribution in [0.5, 0.6) is 5.95 Å². The van der Waals surface area contributed by atoms with Gasteiger partial charge in [-0.2, -0.15) is 0 Å². The van der Waals surface area contributed by atoms with Gasteiger partial charge in [-0.05, 0) is 12.1 Å². The fourth-order valence-corrected chi connectivity index (χ4v) is 2.62. The Balaban J connectivity index is 2.07. The van der Waals surface area contributed by atoms with Crippen LogP contribution in [0.1, 0.15) is 31.8 Å². The van der Waals surface area contributed by atoms with Gasteiger partial charge in [-0.3, -0.25) is 9.59 Å². The molecule has 0 amide bonds. The lowest BCUT2D eigenvalue weighted by Crippen LogP contribution is -2.20. The van der Waals surface area contributed by atoms with Crippen LogP contribution < -0.4 is 0 Å². The van der Waals surface area contributed by atoms with Gasteiger partial charge in [0.2, 0.25) is 0 Å². The third kappa shape index (κ3) is 1.30. The summed E-state index contributed by atoms with van der Waals surface area (Å²) in [6.07, 6.45) is 0. The Morgan fingerprint density at radius 3 is 2.05 bits per heavy atom. The fraction of sp³-hybridized carbons (Fsp3) is 0. The first kappa shape index (κ1) is 11.0. The highest BCUT2D eigenvalue weighted by molar-refractivity contribution is 6.29. The van der Waals surface area contributed by atoms with Crippen molar-refractivity contribution in [2.75, 3.05) is 0 Å². The molecule has 0 saturated carbocycles. The molecule has 1 N–H and O–H groups in total. The molecule has 0 radical (unpaired) electrons. The molecule has 0 fully saturated rings. The lowest BCUT2D eigenvalue weighted by atomic mass is 9.83. The Bertz CT molecular complexity index is 830. The topological polar surface area (TPSA) is 67.5 Å². The molecular formula is C16H8O4. The molecule has 4 heteroatoms. The number of rotatable bonds is 0. The van der Waals surface area contributed by atoms with Gasteiger partial charge in [-0.1, -0.05) is 24.3 Å². The number of aromatic hydroxyl groups is 1. The van der Waals surface area contributed by atoms with E-state index in [-0.39, 0.29) is 17.5 Å². The minimum Gasteiger partial charge on any atom is -0.481 e. The van der Waals surface area contributed by atoms with Crippen LogP contribution >= 0.6 is 0 Å². The number of benzene rings is 2. The highest BCUT2D eigenvalue weighted by atomic mass is 16.5. The number of ketones is 2. The standard InChI is InChI=1S/C16H8O4/c17-14-6-8-5-11-12(7-13(8)20-14)16(19)10-4-2-1-3-9(10)15(11)18/h1-7,17H. The Kier molecular flexibility index (Phi) is 1.96. The molecule has 0 aliphatic heterocycles. The summed E-state index contributed by atoms with van der Waals surface area (Å²) in [5.74, 6) is -0.620. The van der Waals surface area contributed by atoms with Gasteiger partial charge in [-0.25, -0.2) is 0 Å². The van der Waals surface area contributed by atoms with E-state index in [9.17, 15) is 14.7 Å². The van der Waals surface area contributed by atoms with E-state index in [2.05, 4.69) is 0 Å². The molecule has 3 aromatic rings. The molecule has 1 aliphatic carbocycles. The average molecular weight is 264 g/mol. The van der Waals surface area contributed by atoms with Gasteiger partial charge >= 0.3 is 0 Å². The van der Waals surface area contributed by atoms with E-state index in [0.29, 0.717) is 33.2 Å². The molecule has 2 aromatic carbocycles. The Morgan fingerprint density at radius 1 is 0.800 bits per heavy atom. The van der Waals surface area contributed by atoms with E-state index in [1.54, 1.807) is 30.3 Å². The molecule has 1 aliphatic rings. The first-order valence-electron chi connectivity index (χ1n) is 6.10. The van der Waals surface area contributed by atoms with E-state index in [1.807, 2.05) is 0 Å². The zero-order chi connectivity index (χ0) is 13.9. The predicted molar refractivity (Wildman–Crippen MR) is 71.2 cm³/mol. The smallest absolute Gasteiger partial charge is 0.282 e. The maximum Gasteiger partial charge on any atom is 0.282 e. The average Bonchev–Trinajstić information content (AvgIpc) is 2.82. The SMILES string of the molecule is O=C1c2ccccc2C(=O)c2cc3oc(O)cc3cc21. The molecule has 0 atom stereocenters. The van der Waals surface area contributed by atoms with Gasteiger partial charge in [0, 0.05) is 33.7 Å². The molecule has 20 heavy (non-hydrogen) atoms. The van der Waals surface area contributed by atoms with Gasteiger partial charge in [0.1, 0.15) is 5.58 Å². The van der Waals surface area contributed by atoms with Crippen LogP contribution in [0.3, 0.4) is 0 Å². The van der Waals surface area contributed by atoms with Gasteiger partial charge < -0.3 is 9.52 Å². The molecule has 0 saturated heterocycles. The van der Waals surface area contributed by atoms with Crippen LogP contribution in [-0.4, -0.2) is 16.7 Å². The van der Waals surface area contributed by atoms with Crippen molar-refractivity contribution in [1.29, 1.82) is 0 Å². The summed E-state index contributed by atoms with van der Waals surface area (Å²) < 4.78 is 5.10. The highest BCUT2D eigenvalue weighted by Gasteiger charge is 2.30. The summed E-state index contributed by atoms with van der Waals surface area (Å²) in [6.45, 7) is 0. The van der Waals surface area contributed by atoms with Crippen LogP contribution in [0.15, 0.2) is 46.9 Å². The van der Waals surface area contributed by atoms with Gasteiger partial charge in [0.15, 0.2) is 11.6 Å². The Hall–Kier alpha value is -2.88. The van der Waals surface area contributed by atoms with Crippen molar-refractivity contribution < 1.29 is 19.1 Å². The number of fused-ring (bicyclic) bond motifs is 3. The second-order valence-electron chi connectivity index (χ2n) is 4.72. The Morgan fingerprint density at radius 2 is 1.40 bits per heavy atom. The fourth-order valence-electron chi connectivity index (χ4n) is 2.62. The summed E-state index contributed by atoms with van der Waals surface area (Å²) >= 11 is 0. The van der Waals surface area contributed by atoms with Gasteiger partial charge in [0.25, 0.3) is 5.95 Å². The summed E-state index contributed by atoms with van der Waals surface area (Å²) in [4.78, 5) is 24.9. The highest BCUT2D eigenvalue weighted by Crippen LogP contribution is 2.33. The number of furan rings is 1. The Labute approximate surface area is 113 Å². The summed E-state index contributed by atoms with van der Waals surface area (Å²) in [7, 11) is 0. The van der Waals surface area contributed by atoms with Crippen LogP contribution in [0, 0.1) is 0 Å². The molecule has 1 aromatic heterocycles. The number of carbonyl (C=O) groups excluding carboxylic acids is 2. The normalized spacial score (nSPS) is 13.4. The monoisotopic (exact) mass is 264 g/mol. The molecule has 96 valence electrons. The third-order valence-electron chi connectivity index (χ3n) is 3.55. The maximum absolute atomic E-state index is 12.5. The minimum atomic E-state index is -0.236. The van der Waals surface area contributed by atoms with Crippen molar-refractivity contribution in [3.8, 4) is 5.95 Å². The summed E-state index contributed by atoms with van der Waals surface area (Å²) in [5.41, 5.74) is 1.87. The molecule has 0 bridgehead atoms. The van der Waals surface area contributed by atoms with Crippen LogP contribution in [0.4, 0.5) is 0 Å². The molecule has 1 heterocycles. The second-order valence-corrected chi connectivity index (χ2v) is 4.72. The van der Waals surface area contributed by atoms with Crippen LogP contribution in [0.25, 0.3) is 11.0 Å². The van der Waals surface area contributed by atoms with Crippen molar-refractivity contribution in [2.24, 2.45) is 0 Å². The number of hydrogen-bond acceptors (Lipinski definition) is 4. The van der Waals surface area contributed by atoms with Crippen molar-refractivity contribution in [1.82, 2.24) is 0 Å². The van der Waals surface area contributed by atoms with Gasteiger partial charge in [0.05, 0.1) is 0 Å². The zero-order valence-corrected chi connectivity index (χ0v) is 10.2. The summed E-state index contributed by atoms with van der Waals surface area (Å²) in [5, 5.41) is 9.97. The summed E-state index contributed by atoms with van der Waals surface area (Å²) in [6, 6.07) is 11.3. The minimum absolute atomic E-state index is 0.183. The quantitative estimate of drug-likeness (QED) is 0.530. The first-order chi connectivity index (χ1) is 9.65. The van der Waals surface area contributed by atoms with E-state index < -0.39 is 0 Å². The second kappa shape index (κ2) is 3.57. The van der Waals surface area contributed by atoms with E-state index in [1.165, 1.54) is 12.1 Å². The number of hydrogen-bond donors (Lipinski definition) is 1. The maximum atomic E-state index is 12.5. The largest absolute Gasteiger partial charge is 0.481 e. The lowest BCUT2D eigenvalue weighted by molar-refractivity contribution is 0.0979. The van der Waals surface area contributed by atoms with Crippen molar-refractivity contribution in [3.05, 3.63) is 64.7 Å². The lowest BCUT2D eigenvalue weighted by Gasteiger charge is -2.16. The predicted octanol–water partition coefficient (Wildman–Crippen LogP) is 2.91. The van der Waals surface area contributed by atoms with E-state index in [0.717, 1.165) is 0 Å². The van der Waals surface area contributed by atoms with Crippen molar-refractivity contribution in [3.63, 3.8) is 0 Å². The van der Waals surface area contributed by atoms with E-state index in [4.69, 9.17) is 4.42 Å². The van der Waals surface area contributed by atoms with Gasteiger partial charge in [-0.15, -0.1) is 0 Å². The molecule has 0 unspecified atom stereocenters. The van der Waals surface area contributed by atoms with Crippen LogP contribution in [0.2, 0.25) is 0 Å². The van der Waals surface area contributed by atoms with Crippen molar-refractivity contribution >= 4 is 22.5 Å². The molecule has 4 nitrogen and oxygen atoms in total. The van der Waals surface area contributed by atoms with Crippen LogP contribution in [-0.2, 0) is 0 Å². The first-order valence-corrected chi connectivity index (χ1v) is 6.10. The zero-order valence-electron chi connectivity index (χ0n) is 10.2. The van der Waals surface area contributed by atoms with Crippen molar-refractivity contribution in [2.45, 2.75) is 0 Å². The molecule has 4 rings (SSSR count). The molecular weight excluding hydrogens is 256 g/mol.